The van der Waals surface area contributed by atoms with Crippen LogP contribution in [0.25, 0.3) is 0 Å². The summed E-state index contributed by atoms with van der Waals surface area (Å²) in [6.07, 6.45) is 0.991. The van der Waals surface area contributed by atoms with Crippen LogP contribution in [0.15, 0.2) is 30.3 Å². The zero-order valence-corrected chi connectivity index (χ0v) is 15.6. The average Bonchev–Trinajstić information content (AvgIpc) is 2.42. The molecule has 0 radical (unpaired) electrons. The molecule has 1 aromatic carbocycles. The van der Waals surface area contributed by atoms with Crippen LogP contribution >= 0.6 is 24.8 Å². The van der Waals surface area contributed by atoms with Gasteiger partial charge in [0.05, 0.1) is 0 Å². The molecular formula is C17H29Cl2N3O. The smallest absolute Gasteiger partial charge is 0.223 e. The lowest BCUT2D eigenvalue weighted by atomic mass is 9.88. The van der Waals surface area contributed by atoms with Crippen molar-refractivity contribution in [1.29, 1.82) is 0 Å². The monoisotopic (exact) mass is 361 g/mol. The number of benzene rings is 1. The number of hydrogen-bond donors (Lipinski definition) is 2. The van der Waals surface area contributed by atoms with E-state index in [4.69, 9.17) is 0 Å². The summed E-state index contributed by atoms with van der Waals surface area (Å²) in [5.74, 6) is 0.853. The molecule has 0 aromatic heterocycles. The summed E-state index contributed by atoms with van der Waals surface area (Å²) in [5.41, 5.74) is 1.33. The molecule has 0 saturated carbocycles. The van der Waals surface area contributed by atoms with Gasteiger partial charge in [0, 0.05) is 19.0 Å². The highest BCUT2D eigenvalue weighted by Crippen LogP contribution is 2.15. The van der Waals surface area contributed by atoms with Crippen molar-refractivity contribution in [3.8, 4) is 0 Å². The molecule has 0 bridgehead atoms. The van der Waals surface area contributed by atoms with Crippen LogP contribution in [0.5, 0.6) is 0 Å². The number of halogens is 2. The predicted octanol–water partition coefficient (Wildman–Crippen LogP) is 2.32. The molecule has 132 valence electrons. The zero-order chi connectivity index (χ0) is 15.1. The van der Waals surface area contributed by atoms with Crippen LogP contribution < -0.4 is 10.6 Å². The van der Waals surface area contributed by atoms with Crippen molar-refractivity contribution in [2.75, 3.05) is 33.2 Å². The number of nitrogens with zero attached hydrogens (tertiary/aromatic N) is 1. The minimum absolute atomic E-state index is 0. The highest BCUT2D eigenvalue weighted by atomic mass is 35.5. The van der Waals surface area contributed by atoms with Crippen molar-refractivity contribution < 1.29 is 4.79 Å². The van der Waals surface area contributed by atoms with Crippen LogP contribution in [0, 0.1) is 11.8 Å². The molecule has 1 amide bonds. The van der Waals surface area contributed by atoms with Crippen LogP contribution in [0.1, 0.15) is 18.9 Å². The van der Waals surface area contributed by atoms with Gasteiger partial charge in [-0.3, -0.25) is 4.79 Å². The van der Waals surface area contributed by atoms with E-state index in [1.165, 1.54) is 5.56 Å². The van der Waals surface area contributed by atoms with Crippen molar-refractivity contribution in [2.45, 2.75) is 19.9 Å². The van der Waals surface area contributed by atoms with E-state index < -0.39 is 0 Å². The summed E-state index contributed by atoms with van der Waals surface area (Å²) in [6.45, 7) is 6.71. The van der Waals surface area contributed by atoms with Gasteiger partial charge in [0.25, 0.3) is 0 Å². The van der Waals surface area contributed by atoms with E-state index in [9.17, 15) is 4.79 Å². The second-order valence-electron chi connectivity index (χ2n) is 6.07. The lowest BCUT2D eigenvalue weighted by Gasteiger charge is -2.31. The van der Waals surface area contributed by atoms with E-state index in [1.807, 2.05) is 13.0 Å². The van der Waals surface area contributed by atoms with Crippen molar-refractivity contribution in [2.24, 2.45) is 11.8 Å². The molecule has 2 rings (SSSR count). The van der Waals surface area contributed by atoms with Crippen molar-refractivity contribution >= 4 is 30.7 Å². The lowest BCUT2D eigenvalue weighted by Crippen LogP contribution is -2.49. The van der Waals surface area contributed by atoms with Crippen molar-refractivity contribution in [1.82, 2.24) is 15.5 Å². The maximum Gasteiger partial charge on any atom is 0.223 e. The molecule has 23 heavy (non-hydrogen) atoms. The Balaban J connectivity index is 0.00000242. The van der Waals surface area contributed by atoms with E-state index in [0.717, 1.165) is 39.1 Å². The highest BCUT2D eigenvalue weighted by molar-refractivity contribution is 5.85. The van der Waals surface area contributed by atoms with Gasteiger partial charge >= 0.3 is 0 Å². The molecule has 1 aliphatic heterocycles. The number of carbonyl (C=O) groups is 1. The van der Waals surface area contributed by atoms with Gasteiger partial charge in [-0.05, 0) is 44.6 Å². The van der Waals surface area contributed by atoms with E-state index in [1.54, 1.807) is 0 Å². The second kappa shape index (κ2) is 11.7. The van der Waals surface area contributed by atoms with Gasteiger partial charge in [0.2, 0.25) is 5.91 Å². The molecule has 1 fully saturated rings. The van der Waals surface area contributed by atoms with E-state index in [0.29, 0.717) is 5.92 Å². The Morgan fingerprint density at radius 1 is 1.30 bits per heavy atom. The molecule has 1 unspecified atom stereocenters. The molecule has 2 N–H and O–H groups in total. The van der Waals surface area contributed by atoms with Gasteiger partial charge in [0.1, 0.15) is 0 Å². The van der Waals surface area contributed by atoms with Gasteiger partial charge in [0.15, 0.2) is 0 Å². The van der Waals surface area contributed by atoms with Crippen molar-refractivity contribution in [3.05, 3.63) is 35.9 Å². The summed E-state index contributed by atoms with van der Waals surface area (Å²) < 4.78 is 0. The van der Waals surface area contributed by atoms with Gasteiger partial charge in [-0.25, -0.2) is 0 Å². The van der Waals surface area contributed by atoms with Crippen molar-refractivity contribution in [3.63, 3.8) is 0 Å². The molecule has 1 heterocycles. The Bertz CT molecular complexity index is 441. The molecule has 1 aliphatic rings. The number of hydrogen-bond acceptors (Lipinski definition) is 3. The average molecular weight is 362 g/mol. The number of nitrogens with one attached hydrogen (secondary N) is 2. The van der Waals surface area contributed by atoms with E-state index in [2.05, 4.69) is 46.8 Å². The fraction of sp³-hybridized carbons (Fsp3) is 0.588. The Morgan fingerprint density at radius 3 is 2.52 bits per heavy atom. The van der Waals surface area contributed by atoms with Crippen LogP contribution in [0.4, 0.5) is 0 Å². The maximum absolute atomic E-state index is 12.0. The number of amides is 1. The lowest BCUT2D eigenvalue weighted by molar-refractivity contribution is -0.126. The fourth-order valence-corrected chi connectivity index (χ4v) is 2.57. The molecule has 6 heteroatoms. The van der Waals surface area contributed by atoms with Crippen LogP contribution in [0.2, 0.25) is 0 Å². The number of rotatable bonds is 8. The fourth-order valence-electron chi connectivity index (χ4n) is 2.57. The topological polar surface area (TPSA) is 44.4 Å². The summed E-state index contributed by atoms with van der Waals surface area (Å²) in [7, 11) is 2.12. The largest absolute Gasteiger partial charge is 0.356 e. The molecule has 0 spiro atoms. The van der Waals surface area contributed by atoms with E-state index in [-0.39, 0.29) is 36.6 Å². The molecule has 1 aromatic rings. The third-order valence-corrected chi connectivity index (χ3v) is 4.24. The molecule has 0 aliphatic carbocycles. The Labute approximate surface area is 152 Å². The van der Waals surface area contributed by atoms with E-state index >= 15 is 0 Å². The normalized spacial score (nSPS) is 15.1. The SMILES string of the molecule is CC(C(=O)NCCCN(C)Cc1ccccc1)C1CNC1.Cl.Cl. The predicted molar refractivity (Wildman–Crippen MR) is 100 cm³/mol. The summed E-state index contributed by atoms with van der Waals surface area (Å²) in [6, 6.07) is 10.5. The summed E-state index contributed by atoms with van der Waals surface area (Å²) >= 11 is 0. The molecule has 1 atom stereocenters. The minimum atomic E-state index is 0. The first kappa shape index (κ1) is 22.2. The van der Waals surface area contributed by atoms with Gasteiger partial charge in [-0.15, -0.1) is 24.8 Å². The quantitative estimate of drug-likeness (QED) is 0.698. The first-order valence-corrected chi connectivity index (χ1v) is 7.87. The van der Waals surface area contributed by atoms with Crippen LogP contribution in [0.3, 0.4) is 0 Å². The Kier molecular flexibility index (Phi) is 11.3. The molecular weight excluding hydrogens is 333 g/mol. The third kappa shape index (κ3) is 7.53. The summed E-state index contributed by atoms with van der Waals surface area (Å²) in [4.78, 5) is 14.3. The van der Waals surface area contributed by atoms with Crippen LogP contribution in [-0.2, 0) is 11.3 Å². The first-order valence-electron chi connectivity index (χ1n) is 7.87. The third-order valence-electron chi connectivity index (χ3n) is 4.24. The van der Waals surface area contributed by atoms with Gasteiger partial charge in [-0.2, -0.15) is 0 Å². The van der Waals surface area contributed by atoms with Gasteiger partial charge in [-0.1, -0.05) is 37.3 Å². The summed E-state index contributed by atoms with van der Waals surface area (Å²) in [5, 5.41) is 6.27. The second-order valence-corrected chi connectivity index (χ2v) is 6.07. The minimum Gasteiger partial charge on any atom is -0.356 e. The highest BCUT2D eigenvalue weighted by Gasteiger charge is 2.28. The molecule has 1 saturated heterocycles. The standard InChI is InChI=1S/C17H27N3O.2ClH/c1-14(16-11-18-12-16)17(21)19-9-6-10-20(2)13-15-7-4-3-5-8-15;;/h3-5,7-8,14,16,18H,6,9-13H2,1-2H3,(H,19,21);2*1H. The first-order chi connectivity index (χ1) is 10.2. The molecule has 4 nitrogen and oxygen atoms in total. The zero-order valence-electron chi connectivity index (χ0n) is 14.0. The Morgan fingerprint density at radius 2 is 1.96 bits per heavy atom. The number of carbonyl (C=O) groups excluding carboxylic acids is 1. The maximum atomic E-state index is 12.0. The van der Waals surface area contributed by atoms with Crippen LogP contribution in [-0.4, -0.2) is 44.0 Å². The Hall–Kier alpha value is -0.810. The van der Waals surface area contributed by atoms with Gasteiger partial charge < -0.3 is 15.5 Å².